The van der Waals surface area contributed by atoms with Crippen molar-refractivity contribution in [1.29, 1.82) is 0 Å². The number of benzene rings is 1. The van der Waals surface area contributed by atoms with Gasteiger partial charge in [0.05, 0.1) is 12.0 Å². The molecule has 1 unspecified atom stereocenters. The molecule has 0 bridgehead atoms. The Labute approximate surface area is 138 Å². The molecule has 1 saturated heterocycles. The molecule has 4 nitrogen and oxygen atoms in total. The van der Waals surface area contributed by atoms with Crippen molar-refractivity contribution < 1.29 is 41.0 Å². The Morgan fingerprint density at radius 2 is 1.72 bits per heavy atom. The van der Waals surface area contributed by atoms with E-state index in [1.165, 1.54) is 6.07 Å². The Hall–Kier alpha value is -2.26. The summed E-state index contributed by atoms with van der Waals surface area (Å²) in [6.45, 7) is -1.60. The monoisotopic (exact) mass is 369 g/mol. The van der Waals surface area contributed by atoms with Gasteiger partial charge in [0.2, 0.25) is 5.91 Å². The highest BCUT2D eigenvalue weighted by Crippen LogP contribution is 2.46. The smallest absolute Gasteiger partial charge is 0.416 e. The number of aliphatic carboxylic acids is 1. The molecule has 138 valence electrons. The van der Waals surface area contributed by atoms with Crippen molar-refractivity contribution >= 4 is 11.9 Å². The summed E-state index contributed by atoms with van der Waals surface area (Å²) in [6, 6.07) is 4.24. The number of amides is 1. The molecular weight excluding hydrogens is 356 g/mol. The number of nitrogens with zero attached hydrogens (tertiary/aromatic N) is 1. The van der Waals surface area contributed by atoms with E-state index >= 15 is 0 Å². The number of hydrogen-bond acceptors (Lipinski definition) is 2. The molecule has 1 aliphatic heterocycles. The van der Waals surface area contributed by atoms with Crippen LogP contribution in [0.1, 0.15) is 17.5 Å². The van der Waals surface area contributed by atoms with Crippen molar-refractivity contribution in [3.05, 3.63) is 35.4 Å². The van der Waals surface area contributed by atoms with E-state index < -0.39 is 61.1 Å². The number of likely N-dealkylation sites (tertiary alicyclic amines) is 1. The van der Waals surface area contributed by atoms with Crippen LogP contribution in [0.2, 0.25) is 0 Å². The molecular formula is C15H13F6NO3. The van der Waals surface area contributed by atoms with E-state index in [1.54, 1.807) is 0 Å². The van der Waals surface area contributed by atoms with Gasteiger partial charge in [0.1, 0.15) is 0 Å². The number of halogens is 6. The molecule has 0 aliphatic carbocycles. The van der Waals surface area contributed by atoms with Crippen LogP contribution in [-0.2, 0) is 22.2 Å². The molecule has 1 fully saturated rings. The zero-order valence-electron chi connectivity index (χ0n) is 12.6. The Morgan fingerprint density at radius 1 is 1.12 bits per heavy atom. The van der Waals surface area contributed by atoms with E-state index in [-0.39, 0.29) is 5.56 Å². The first-order valence-corrected chi connectivity index (χ1v) is 7.11. The highest BCUT2D eigenvalue weighted by molar-refractivity contribution is 5.83. The first-order valence-electron chi connectivity index (χ1n) is 7.11. The molecule has 0 saturated carbocycles. The average molecular weight is 369 g/mol. The largest absolute Gasteiger partial charge is 0.481 e. The van der Waals surface area contributed by atoms with E-state index in [4.69, 9.17) is 5.11 Å². The quantitative estimate of drug-likeness (QED) is 0.833. The van der Waals surface area contributed by atoms with Gasteiger partial charge >= 0.3 is 18.3 Å². The van der Waals surface area contributed by atoms with Crippen LogP contribution in [0, 0.1) is 5.41 Å². The minimum Gasteiger partial charge on any atom is -0.481 e. The Kier molecular flexibility index (Phi) is 4.75. The highest BCUT2D eigenvalue weighted by atomic mass is 19.4. The van der Waals surface area contributed by atoms with Crippen LogP contribution in [0.5, 0.6) is 0 Å². The Balaban J connectivity index is 2.21. The van der Waals surface area contributed by atoms with Crippen LogP contribution >= 0.6 is 0 Å². The number of hydrogen-bond donors (Lipinski definition) is 1. The van der Waals surface area contributed by atoms with E-state index in [0.717, 1.165) is 18.2 Å². The van der Waals surface area contributed by atoms with E-state index in [1.807, 2.05) is 0 Å². The lowest BCUT2D eigenvalue weighted by Gasteiger charge is -2.27. The third-order valence-corrected chi connectivity index (χ3v) is 4.24. The van der Waals surface area contributed by atoms with Crippen LogP contribution in [-0.4, -0.2) is 41.1 Å². The zero-order valence-corrected chi connectivity index (χ0v) is 12.6. The third kappa shape index (κ3) is 3.57. The van der Waals surface area contributed by atoms with Gasteiger partial charge in [-0.3, -0.25) is 9.59 Å². The van der Waals surface area contributed by atoms with Gasteiger partial charge in [-0.25, -0.2) is 0 Å². The maximum absolute atomic E-state index is 13.1. The van der Waals surface area contributed by atoms with E-state index in [0.29, 0.717) is 4.90 Å². The molecule has 0 radical (unpaired) electrons. The van der Waals surface area contributed by atoms with Crippen molar-refractivity contribution in [1.82, 2.24) is 4.90 Å². The molecule has 10 heteroatoms. The van der Waals surface area contributed by atoms with Gasteiger partial charge in [-0.05, 0) is 18.1 Å². The van der Waals surface area contributed by atoms with E-state index in [9.17, 15) is 35.9 Å². The van der Waals surface area contributed by atoms with Crippen LogP contribution in [0.15, 0.2) is 24.3 Å². The maximum Gasteiger partial charge on any atom is 0.416 e. The lowest BCUT2D eigenvalue weighted by molar-refractivity contribution is -0.227. The molecule has 2 rings (SSSR count). The van der Waals surface area contributed by atoms with Gasteiger partial charge < -0.3 is 10.0 Å². The predicted molar refractivity (Wildman–Crippen MR) is 72.5 cm³/mol. The molecule has 1 heterocycles. The van der Waals surface area contributed by atoms with Crippen LogP contribution in [0.3, 0.4) is 0 Å². The van der Waals surface area contributed by atoms with Crippen LogP contribution < -0.4 is 0 Å². The van der Waals surface area contributed by atoms with Gasteiger partial charge in [0.25, 0.3) is 0 Å². The molecule has 0 aromatic heterocycles. The predicted octanol–water partition coefficient (Wildman–Crippen LogP) is 3.11. The highest BCUT2D eigenvalue weighted by Gasteiger charge is 2.64. The van der Waals surface area contributed by atoms with Gasteiger partial charge in [-0.15, -0.1) is 0 Å². The van der Waals surface area contributed by atoms with Crippen molar-refractivity contribution in [2.24, 2.45) is 5.41 Å². The first kappa shape index (κ1) is 19.1. The lowest BCUT2D eigenvalue weighted by Crippen LogP contribution is -2.47. The maximum atomic E-state index is 13.1. The van der Waals surface area contributed by atoms with Crippen molar-refractivity contribution in [2.45, 2.75) is 25.2 Å². The topological polar surface area (TPSA) is 57.6 Å². The summed E-state index contributed by atoms with van der Waals surface area (Å²) < 4.78 is 78.0. The van der Waals surface area contributed by atoms with Gasteiger partial charge in [-0.1, -0.05) is 18.2 Å². The number of rotatable bonds is 3. The summed E-state index contributed by atoms with van der Waals surface area (Å²) in [5, 5.41) is 8.93. The van der Waals surface area contributed by atoms with Gasteiger partial charge in [0, 0.05) is 13.1 Å². The summed E-state index contributed by atoms with van der Waals surface area (Å²) in [5.41, 5.74) is -4.52. The third-order valence-electron chi connectivity index (χ3n) is 4.24. The molecule has 1 aromatic rings. The second kappa shape index (κ2) is 6.23. The molecule has 1 N–H and O–H groups in total. The Morgan fingerprint density at radius 3 is 2.20 bits per heavy atom. The molecule has 1 aromatic carbocycles. The summed E-state index contributed by atoms with van der Waals surface area (Å²) >= 11 is 0. The SMILES string of the molecule is O=C(Cc1ccccc1C(F)(F)F)N1CCC(C(=O)O)(C(F)(F)F)C1. The zero-order chi connectivity index (χ0) is 19.0. The fourth-order valence-electron chi connectivity index (χ4n) is 2.78. The molecule has 25 heavy (non-hydrogen) atoms. The van der Waals surface area contributed by atoms with Crippen LogP contribution in [0.4, 0.5) is 26.3 Å². The van der Waals surface area contributed by atoms with Crippen molar-refractivity contribution in [2.75, 3.05) is 13.1 Å². The normalized spacial score (nSPS) is 21.4. The fourth-order valence-corrected chi connectivity index (χ4v) is 2.78. The average Bonchev–Trinajstić information content (AvgIpc) is 2.93. The molecule has 1 atom stereocenters. The number of carbonyl (C=O) groups is 2. The van der Waals surface area contributed by atoms with Crippen LogP contribution in [0.25, 0.3) is 0 Å². The van der Waals surface area contributed by atoms with Gasteiger partial charge in [0.15, 0.2) is 5.41 Å². The number of alkyl halides is 6. The Bertz CT molecular complexity index is 685. The summed E-state index contributed by atoms with van der Waals surface area (Å²) in [4.78, 5) is 23.9. The molecule has 0 spiro atoms. The second-order valence-electron chi connectivity index (χ2n) is 5.78. The standard InChI is InChI=1S/C15H13F6NO3/c16-14(17,18)10-4-2-1-3-9(10)7-11(23)22-6-5-13(8-22,12(24)25)15(19,20)21/h1-4H,5-8H2,(H,24,25). The fraction of sp³-hybridized carbons (Fsp3) is 0.467. The van der Waals surface area contributed by atoms with Gasteiger partial charge in [-0.2, -0.15) is 26.3 Å². The summed E-state index contributed by atoms with van der Waals surface area (Å²) in [6.07, 6.45) is -11.4. The molecule has 1 amide bonds. The minimum atomic E-state index is -5.07. The number of carboxylic acids is 1. The number of carbonyl (C=O) groups excluding carboxylic acids is 1. The lowest BCUT2D eigenvalue weighted by atomic mass is 9.86. The number of carboxylic acid groups (broad SMARTS) is 1. The minimum absolute atomic E-state index is 0.375. The molecule has 1 aliphatic rings. The van der Waals surface area contributed by atoms with E-state index in [2.05, 4.69) is 0 Å². The summed E-state index contributed by atoms with van der Waals surface area (Å²) in [5.74, 6) is -3.09. The van der Waals surface area contributed by atoms with Crippen molar-refractivity contribution in [3.8, 4) is 0 Å². The second-order valence-corrected chi connectivity index (χ2v) is 5.78. The van der Waals surface area contributed by atoms with Crippen molar-refractivity contribution in [3.63, 3.8) is 0 Å². The summed E-state index contributed by atoms with van der Waals surface area (Å²) in [7, 11) is 0. The first-order chi connectivity index (χ1) is 11.4.